The molecular formula is C20H17BrClNO3S. The van der Waals surface area contributed by atoms with E-state index in [0.717, 1.165) is 20.8 Å². The number of pyridine rings is 1. The van der Waals surface area contributed by atoms with Gasteiger partial charge in [0.25, 0.3) is 0 Å². The third-order valence-electron chi connectivity index (χ3n) is 3.51. The standard InChI is InChI=1S/C14H13ClN.C6H5BrO3S/c1-16-11-3-2-4-14(16)10-7-12-5-8-13(15)9-6-12;7-5-1-3-6(4-2-5)11(8,9)10/h2-11H,1H3;1-4H,(H,8,9,10)/q+1;/p-1/b10-7+;. The number of rotatable bonds is 3. The maximum absolute atomic E-state index is 10.4. The molecule has 0 unspecified atom stereocenters. The van der Waals surface area contributed by atoms with Gasteiger partial charge in [0.15, 0.2) is 6.20 Å². The zero-order valence-electron chi connectivity index (χ0n) is 14.4. The van der Waals surface area contributed by atoms with Crippen LogP contribution in [0.5, 0.6) is 0 Å². The van der Waals surface area contributed by atoms with Crippen molar-refractivity contribution >= 4 is 49.8 Å². The zero-order chi connectivity index (χ0) is 19.9. The molecule has 0 fully saturated rings. The lowest BCUT2D eigenvalue weighted by Gasteiger charge is -2.05. The molecule has 7 heteroatoms. The Morgan fingerprint density at radius 2 is 1.59 bits per heavy atom. The van der Waals surface area contributed by atoms with Crippen molar-refractivity contribution in [3.8, 4) is 0 Å². The van der Waals surface area contributed by atoms with Crippen molar-refractivity contribution in [3.63, 3.8) is 0 Å². The Kier molecular flexibility index (Phi) is 7.74. The van der Waals surface area contributed by atoms with E-state index in [2.05, 4.69) is 38.7 Å². The molecule has 140 valence electrons. The average Bonchev–Trinajstić information content (AvgIpc) is 2.63. The summed E-state index contributed by atoms with van der Waals surface area (Å²) in [5, 5.41) is 0.766. The Morgan fingerprint density at radius 3 is 2.15 bits per heavy atom. The van der Waals surface area contributed by atoms with E-state index < -0.39 is 10.1 Å². The Balaban J connectivity index is 0.000000208. The van der Waals surface area contributed by atoms with Crippen LogP contribution in [0.1, 0.15) is 11.3 Å². The minimum atomic E-state index is -4.29. The smallest absolute Gasteiger partial charge is 0.204 e. The molecular weight excluding hydrogens is 450 g/mol. The Bertz CT molecular complexity index is 1020. The van der Waals surface area contributed by atoms with Crippen molar-refractivity contribution in [2.24, 2.45) is 7.05 Å². The van der Waals surface area contributed by atoms with Gasteiger partial charge < -0.3 is 4.55 Å². The van der Waals surface area contributed by atoms with Crippen molar-refractivity contribution in [1.82, 2.24) is 0 Å². The molecule has 0 aliphatic rings. The molecule has 0 atom stereocenters. The molecule has 0 N–H and O–H groups in total. The van der Waals surface area contributed by atoms with Crippen LogP contribution in [-0.4, -0.2) is 13.0 Å². The number of halogens is 2. The second-order valence-electron chi connectivity index (χ2n) is 5.53. The summed E-state index contributed by atoms with van der Waals surface area (Å²) >= 11 is 8.94. The van der Waals surface area contributed by atoms with Gasteiger partial charge in [-0.25, -0.2) is 13.0 Å². The molecule has 0 spiro atoms. The van der Waals surface area contributed by atoms with Gasteiger partial charge in [-0.2, -0.15) is 0 Å². The van der Waals surface area contributed by atoms with Gasteiger partial charge in [0, 0.05) is 27.7 Å². The van der Waals surface area contributed by atoms with Gasteiger partial charge in [0.1, 0.15) is 17.2 Å². The van der Waals surface area contributed by atoms with Crippen LogP contribution in [0, 0.1) is 0 Å². The summed E-state index contributed by atoms with van der Waals surface area (Å²) in [5.41, 5.74) is 2.31. The number of aromatic nitrogens is 1. The van der Waals surface area contributed by atoms with Crippen molar-refractivity contribution in [3.05, 3.63) is 93.7 Å². The van der Waals surface area contributed by atoms with Crippen LogP contribution in [0.15, 0.2) is 82.3 Å². The molecule has 1 aromatic heterocycles. The number of benzene rings is 2. The zero-order valence-corrected chi connectivity index (χ0v) is 17.6. The predicted molar refractivity (Wildman–Crippen MR) is 110 cm³/mol. The highest BCUT2D eigenvalue weighted by molar-refractivity contribution is 9.10. The minimum Gasteiger partial charge on any atom is -0.744 e. The van der Waals surface area contributed by atoms with E-state index in [4.69, 9.17) is 11.6 Å². The second-order valence-corrected chi connectivity index (χ2v) is 8.26. The number of nitrogens with zero attached hydrogens (tertiary/aromatic N) is 1. The first-order valence-electron chi connectivity index (χ1n) is 7.85. The van der Waals surface area contributed by atoms with Crippen LogP contribution < -0.4 is 4.57 Å². The molecule has 3 rings (SSSR count). The van der Waals surface area contributed by atoms with E-state index in [1.807, 2.05) is 49.6 Å². The van der Waals surface area contributed by atoms with Crippen LogP contribution in [0.2, 0.25) is 5.02 Å². The predicted octanol–water partition coefficient (Wildman–Crippen LogP) is 4.69. The summed E-state index contributed by atoms with van der Waals surface area (Å²) in [6.07, 6.45) is 6.19. The van der Waals surface area contributed by atoms with E-state index in [1.165, 1.54) is 24.3 Å². The van der Waals surface area contributed by atoms with Gasteiger partial charge in [-0.1, -0.05) is 39.7 Å². The van der Waals surface area contributed by atoms with E-state index in [9.17, 15) is 13.0 Å². The summed E-state index contributed by atoms with van der Waals surface area (Å²) in [6.45, 7) is 0. The highest BCUT2D eigenvalue weighted by Crippen LogP contribution is 2.14. The highest BCUT2D eigenvalue weighted by atomic mass is 79.9. The molecule has 0 aliphatic carbocycles. The normalized spacial score (nSPS) is 11.1. The molecule has 1 heterocycles. The molecule has 4 nitrogen and oxygen atoms in total. The Hall–Kier alpha value is -1.99. The van der Waals surface area contributed by atoms with E-state index >= 15 is 0 Å². The first-order valence-corrected chi connectivity index (χ1v) is 10.4. The molecule has 0 bridgehead atoms. The fourth-order valence-corrected chi connectivity index (χ4v) is 2.93. The van der Waals surface area contributed by atoms with E-state index in [-0.39, 0.29) is 4.90 Å². The van der Waals surface area contributed by atoms with Crippen LogP contribution in [0.3, 0.4) is 0 Å². The molecule has 0 radical (unpaired) electrons. The lowest BCUT2D eigenvalue weighted by atomic mass is 10.2. The van der Waals surface area contributed by atoms with Gasteiger partial charge in [0.05, 0.1) is 4.90 Å². The first-order chi connectivity index (χ1) is 12.8. The van der Waals surface area contributed by atoms with Gasteiger partial charge in [-0.05, 0) is 54.1 Å². The minimum absolute atomic E-state index is 0.208. The van der Waals surface area contributed by atoms with E-state index in [0.29, 0.717) is 0 Å². The first kappa shape index (κ1) is 21.3. The molecule has 0 aliphatic heterocycles. The highest BCUT2D eigenvalue weighted by Gasteiger charge is 1.99. The largest absolute Gasteiger partial charge is 0.744 e. The third-order valence-corrected chi connectivity index (χ3v) is 5.14. The van der Waals surface area contributed by atoms with Crippen LogP contribution in [0.25, 0.3) is 12.2 Å². The molecule has 0 saturated carbocycles. The van der Waals surface area contributed by atoms with Gasteiger partial charge in [0.2, 0.25) is 5.69 Å². The fourth-order valence-electron chi connectivity index (χ4n) is 2.07. The fraction of sp³-hybridized carbons (Fsp3) is 0.0500. The van der Waals surface area contributed by atoms with Crippen molar-refractivity contribution < 1.29 is 17.5 Å². The summed E-state index contributed by atoms with van der Waals surface area (Å²) < 4.78 is 33.9. The van der Waals surface area contributed by atoms with Gasteiger partial charge in [-0.3, -0.25) is 0 Å². The summed E-state index contributed by atoms with van der Waals surface area (Å²) in [4.78, 5) is -0.208. The maximum Gasteiger partial charge on any atom is 0.204 e. The molecule has 0 saturated heterocycles. The molecule has 27 heavy (non-hydrogen) atoms. The summed E-state index contributed by atoms with van der Waals surface area (Å²) in [5.74, 6) is 0. The van der Waals surface area contributed by atoms with Crippen LogP contribution >= 0.6 is 27.5 Å². The number of hydrogen-bond donors (Lipinski definition) is 0. The van der Waals surface area contributed by atoms with Gasteiger partial charge >= 0.3 is 0 Å². The third kappa shape index (κ3) is 7.27. The average molecular weight is 467 g/mol. The summed E-state index contributed by atoms with van der Waals surface area (Å²) in [7, 11) is -2.26. The van der Waals surface area contributed by atoms with Gasteiger partial charge in [-0.15, -0.1) is 0 Å². The van der Waals surface area contributed by atoms with Crippen molar-refractivity contribution in [2.45, 2.75) is 4.90 Å². The Morgan fingerprint density at radius 1 is 0.963 bits per heavy atom. The number of hydrogen-bond acceptors (Lipinski definition) is 3. The SMILES string of the molecule is C[n+]1ccccc1/C=C/c1ccc(Cl)cc1.O=S(=O)([O-])c1ccc(Br)cc1. The summed E-state index contributed by atoms with van der Waals surface area (Å²) in [6, 6.07) is 19.4. The monoisotopic (exact) mass is 465 g/mol. The molecule has 0 amide bonds. The van der Waals surface area contributed by atoms with E-state index in [1.54, 1.807) is 0 Å². The topological polar surface area (TPSA) is 61.1 Å². The molecule has 3 aromatic rings. The lowest BCUT2D eigenvalue weighted by Crippen LogP contribution is -2.30. The maximum atomic E-state index is 10.4. The Labute approximate surface area is 172 Å². The molecule has 2 aromatic carbocycles. The second kappa shape index (κ2) is 9.80. The van der Waals surface area contributed by atoms with Crippen molar-refractivity contribution in [2.75, 3.05) is 0 Å². The van der Waals surface area contributed by atoms with Crippen LogP contribution in [-0.2, 0) is 17.2 Å². The number of aryl methyl sites for hydroxylation is 1. The van der Waals surface area contributed by atoms with Crippen molar-refractivity contribution in [1.29, 1.82) is 0 Å². The quantitative estimate of drug-likeness (QED) is 0.416. The van der Waals surface area contributed by atoms with Crippen LogP contribution in [0.4, 0.5) is 0 Å². The lowest BCUT2D eigenvalue weighted by molar-refractivity contribution is -0.673.